The first kappa shape index (κ1) is 22.3. The minimum atomic E-state index is -0.852. The molecule has 10 nitrogen and oxygen atoms in total. The molecule has 3 N–H and O–H groups in total. The van der Waals surface area contributed by atoms with Crippen LogP contribution in [0.3, 0.4) is 0 Å². The van der Waals surface area contributed by atoms with Crippen LogP contribution < -0.4 is 22.3 Å². The number of hydrogen-bond acceptors (Lipinski definition) is 8. The maximum absolute atomic E-state index is 12.6. The second-order valence-electron chi connectivity index (χ2n) is 6.94. The van der Waals surface area contributed by atoms with Gasteiger partial charge in [-0.1, -0.05) is 19.1 Å². The van der Waals surface area contributed by atoms with E-state index in [0.29, 0.717) is 12.1 Å². The highest BCUT2D eigenvalue weighted by atomic mass is 32.2. The maximum Gasteiger partial charge on any atom is 0.332 e. The summed E-state index contributed by atoms with van der Waals surface area (Å²) in [6.07, 6.45) is 0.316. The molecule has 1 amide bonds. The predicted molar refractivity (Wildman–Crippen MR) is 115 cm³/mol. The number of nitrogens with two attached hydrogens (primary N) is 1. The van der Waals surface area contributed by atoms with Gasteiger partial charge in [-0.2, -0.15) is 0 Å². The molecule has 164 valence electrons. The largest absolute Gasteiger partial charge is 0.457 e. The molecule has 0 radical (unpaired) electrons. The number of para-hydroxylation sites is 1. The van der Waals surface area contributed by atoms with Crippen LogP contribution in [0.1, 0.15) is 30.1 Å². The number of fused-ring (bicyclic) bond motifs is 1. The third kappa shape index (κ3) is 4.55. The van der Waals surface area contributed by atoms with Crippen LogP contribution in [0.15, 0.2) is 38.8 Å². The van der Waals surface area contributed by atoms with Crippen molar-refractivity contribution in [1.82, 2.24) is 9.13 Å². The molecule has 0 aliphatic carbocycles. The van der Waals surface area contributed by atoms with E-state index in [-0.39, 0.29) is 24.7 Å². The number of ketones is 1. The molecule has 1 aromatic carbocycles. The number of nitrogens with zero attached hydrogens (tertiary/aromatic N) is 2. The molecule has 11 heteroatoms. The molecule has 1 atom stereocenters. The summed E-state index contributed by atoms with van der Waals surface area (Å²) >= 11 is 1.23. The van der Waals surface area contributed by atoms with Crippen LogP contribution in [-0.4, -0.2) is 38.7 Å². The number of thioether (sulfide) groups is 1. The molecule has 0 spiro atoms. The smallest absolute Gasteiger partial charge is 0.332 e. The van der Waals surface area contributed by atoms with Gasteiger partial charge in [0.25, 0.3) is 5.56 Å². The Morgan fingerprint density at radius 3 is 2.65 bits per heavy atom. The summed E-state index contributed by atoms with van der Waals surface area (Å²) in [6.45, 7) is 1.32. The van der Waals surface area contributed by atoms with Crippen molar-refractivity contribution in [2.75, 3.05) is 17.7 Å². The van der Waals surface area contributed by atoms with Gasteiger partial charge in [-0.3, -0.25) is 28.3 Å². The summed E-state index contributed by atoms with van der Waals surface area (Å²) in [4.78, 5) is 62.4. The zero-order valence-corrected chi connectivity index (χ0v) is 17.9. The molecule has 0 bridgehead atoms. The normalized spacial score (nSPS) is 15.2. The van der Waals surface area contributed by atoms with Gasteiger partial charge in [0, 0.05) is 18.5 Å². The fourth-order valence-electron chi connectivity index (χ4n) is 3.14. The van der Waals surface area contributed by atoms with Crippen LogP contribution in [0, 0.1) is 0 Å². The van der Waals surface area contributed by atoms with Crippen LogP contribution in [0.25, 0.3) is 0 Å². The van der Waals surface area contributed by atoms with E-state index in [0.717, 1.165) is 14.0 Å². The molecule has 1 aliphatic rings. The van der Waals surface area contributed by atoms with E-state index in [1.54, 1.807) is 12.1 Å². The van der Waals surface area contributed by atoms with Gasteiger partial charge in [0.05, 0.1) is 17.4 Å². The van der Waals surface area contributed by atoms with E-state index in [9.17, 15) is 24.0 Å². The molecule has 1 aliphatic heterocycles. The molecule has 0 unspecified atom stereocenters. The summed E-state index contributed by atoms with van der Waals surface area (Å²) in [5.74, 6) is -2.17. The Labute approximate surface area is 181 Å². The molecule has 1 aromatic heterocycles. The zero-order valence-electron chi connectivity index (χ0n) is 17.0. The molecule has 2 heterocycles. The molecule has 0 saturated heterocycles. The summed E-state index contributed by atoms with van der Waals surface area (Å²) < 4.78 is 6.93. The van der Waals surface area contributed by atoms with Crippen LogP contribution in [0.4, 0.5) is 11.5 Å². The fraction of sp³-hybridized carbons (Fsp3) is 0.350. The first-order chi connectivity index (χ1) is 14.7. The minimum Gasteiger partial charge on any atom is -0.457 e. The van der Waals surface area contributed by atoms with Crippen LogP contribution in [0.2, 0.25) is 0 Å². The average Bonchev–Trinajstić information content (AvgIpc) is 2.74. The van der Waals surface area contributed by atoms with Crippen molar-refractivity contribution in [3.63, 3.8) is 0 Å². The number of rotatable bonds is 7. The second kappa shape index (κ2) is 9.21. The topological polar surface area (TPSA) is 142 Å². The summed E-state index contributed by atoms with van der Waals surface area (Å²) in [6, 6.07) is 7.20. The molecule has 3 rings (SSSR count). The molecule has 0 fully saturated rings. The quantitative estimate of drug-likeness (QED) is 0.469. The number of benzene rings is 1. The second-order valence-corrected chi connectivity index (χ2v) is 8.18. The van der Waals surface area contributed by atoms with Gasteiger partial charge in [-0.05, 0) is 18.6 Å². The Kier molecular flexibility index (Phi) is 6.64. The summed E-state index contributed by atoms with van der Waals surface area (Å²) in [5.41, 5.74) is 4.68. The highest BCUT2D eigenvalue weighted by molar-refractivity contribution is 8.01. The van der Waals surface area contributed by atoms with Crippen molar-refractivity contribution in [3.05, 3.63) is 50.7 Å². The van der Waals surface area contributed by atoms with Crippen molar-refractivity contribution < 1.29 is 19.1 Å². The highest BCUT2D eigenvalue weighted by Crippen LogP contribution is 2.36. The van der Waals surface area contributed by atoms with E-state index in [1.807, 2.05) is 19.1 Å². The maximum atomic E-state index is 12.6. The summed E-state index contributed by atoms with van der Waals surface area (Å²) in [7, 11) is 1.25. The van der Waals surface area contributed by atoms with Crippen molar-refractivity contribution in [1.29, 1.82) is 0 Å². The Hall–Kier alpha value is -3.34. The lowest BCUT2D eigenvalue weighted by atomic mass is 10.2. The first-order valence-electron chi connectivity index (χ1n) is 9.59. The van der Waals surface area contributed by atoms with Crippen molar-refractivity contribution in [2.24, 2.45) is 7.05 Å². The SMILES string of the molecule is CCCn1c(N)c(C(=O)COC(=O)C[C@H]2Sc3ccccc3NC2=O)c(=O)n(C)c1=O. The van der Waals surface area contributed by atoms with E-state index >= 15 is 0 Å². The van der Waals surface area contributed by atoms with Crippen LogP contribution in [0.5, 0.6) is 0 Å². The number of aromatic nitrogens is 2. The third-order valence-electron chi connectivity index (χ3n) is 4.73. The van der Waals surface area contributed by atoms with Gasteiger partial charge in [0.1, 0.15) is 11.4 Å². The van der Waals surface area contributed by atoms with Gasteiger partial charge in [-0.15, -0.1) is 11.8 Å². The number of amides is 1. The number of carbonyl (C=O) groups is 3. The number of esters is 1. The lowest BCUT2D eigenvalue weighted by Crippen LogP contribution is -2.43. The molecular formula is C20H22N4O6S. The Balaban J connectivity index is 1.69. The average molecular weight is 446 g/mol. The Morgan fingerprint density at radius 2 is 1.94 bits per heavy atom. The number of ether oxygens (including phenoxy) is 1. The lowest BCUT2D eigenvalue weighted by molar-refractivity contribution is -0.143. The van der Waals surface area contributed by atoms with E-state index in [1.165, 1.54) is 18.8 Å². The Morgan fingerprint density at radius 1 is 1.23 bits per heavy atom. The highest BCUT2D eigenvalue weighted by Gasteiger charge is 2.30. The van der Waals surface area contributed by atoms with Crippen molar-refractivity contribution >= 4 is 40.9 Å². The van der Waals surface area contributed by atoms with Crippen molar-refractivity contribution in [2.45, 2.75) is 36.5 Å². The minimum absolute atomic E-state index is 0.230. The predicted octanol–water partition coefficient (Wildman–Crippen LogP) is 0.768. The van der Waals surface area contributed by atoms with Crippen molar-refractivity contribution in [3.8, 4) is 0 Å². The van der Waals surface area contributed by atoms with E-state index in [4.69, 9.17) is 10.5 Å². The number of hydrogen-bond donors (Lipinski definition) is 2. The summed E-state index contributed by atoms with van der Waals surface area (Å²) in [5, 5.41) is 2.02. The standard InChI is InChI=1S/C20H22N4O6S/c1-3-8-24-17(21)16(19(28)23(2)20(24)29)12(25)10-30-15(26)9-14-18(27)22-11-6-4-5-7-13(11)31-14/h4-7,14H,3,8-10,21H2,1-2H3,(H,22,27)/t14-/m1/s1. The third-order valence-corrected chi connectivity index (χ3v) is 6.01. The zero-order chi connectivity index (χ0) is 22.7. The lowest BCUT2D eigenvalue weighted by Gasteiger charge is -2.23. The monoisotopic (exact) mass is 446 g/mol. The Bertz CT molecular complexity index is 1170. The van der Waals surface area contributed by atoms with Crippen LogP contribution in [-0.2, 0) is 27.9 Å². The van der Waals surface area contributed by atoms with Crippen LogP contribution >= 0.6 is 11.8 Å². The van der Waals surface area contributed by atoms with E-state index < -0.39 is 40.4 Å². The molecule has 0 saturated carbocycles. The van der Waals surface area contributed by atoms with Gasteiger partial charge in [-0.25, -0.2) is 4.79 Å². The van der Waals surface area contributed by atoms with Gasteiger partial charge < -0.3 is 15.8 Å². The number of anilines is 2. The molecule has 2 aromatic rings. The van der Waals surface area contributed by atoms with Gasteiger partial charge >= 0.3 is 11.7 Å². The number of nitrogen functional groups attached to an aromatic ring is 1. The number of nitrogens with one attached hydrogen (secondary N) is 1. The first-order valence-corrected chi connectivity index (χ1v) is 10.5. The van der Waals surface area contributed by atoms with E-state index in [2.05, 4.69) is 5.32 Å². The number of carbonyl (C=O) groups excluding carboxylic acids is 3. The number of Topliss-reactive ketones (excluding diaryl/α,β-unsaturated/α-hetero) is 1. The molecule has 31 heavy (non-hydrogen) atoms. The fourth-order valence-corrected chi connectivity index (χ4v) is 4.24. The van der Waals surface area contributed by atoms with Gasteiger partial charge in [0.15, 0.2) is 6.61 Å². The molecular weight excluding hydrogens is 424 g/mol. The van der Waals surface area contributed by atoms with Gasteiger partial charge in [0.2, 0.25) is 11.7 Å².